The molecule has 0 radical (unpaired) electrons. The lowest BCUT2D eigenvalue weighted by Gasteiger charge is -2.32. The lowest BCUT2D eigenvalue weighted by atomic mass is 9.96. The molecule has 1 unspecified atom stereocenters. The highest BCUT2D eigenvalue weighted by Crippen LogP contribution is 2.22. The van der Waals surface area contributed by atoms with Crippen LogP contribution in [0.4, 0.5) is 0 Å². The van der Waals surface area contributed by atoms with Crippen LogP contribution in [0.1, 0.15) is 46.1 Å². The molecule has 1 heterocycles. The van der Waals surface area contributed by atoms with Crippen molar-refractivity contribution >= 4 is 17.7 Å². The zero-order chi connectivity index (χ0) is 27.4. The van der Waals surface area contributed by atoms with Gasteiger partial charge in [0, 0.05) is 44.8 Å². The van der Waals surface area contributed by atoms with E-state index in [4.69, 9.17) is 9.47 Å². The van der Waals surface area contributed by atoms with E-state index in [2.05, 4.69) is 24.5 Å². The van der Waals surface area contributed by atoms with Gasteiger partial charge in [-0.05, 0) is 68.5 Å². The highest BCUT2D eigenvalue weighted by Gasteiger charge is 2.22. The van der Waals surface area contributed by atoms with Crippen molar-refractivity contribution in [2.75, 3.05) is 40.4 Å². The maximum atomic E-state index is 13.3. The number of nitrogens with one attached hydrogen (secondary N) is 2. The van der Waals surface area contributed by atoms with E-state index in [1.165, 1.54) is 0 Å². The van der Waals surface area contributed by atoms with Crippen molar-refractivity contribution < 1.29 is 23.9 Å². The number of ether oxygens (including phenoxy) is 2. The molecular formula is C29H41N3O5. The minimum Gasteiger partial charge on any atom is -0.497 e. The molecule has 1 fully saturated rings. The van der Waals surface area contributed by atoms with Crippen molar-refractivity contribution in [2.24, 2.45) is 0 Å². The molecular weight excluding hydrogens is 470 g/mol. The summed E-state index contributed by atoms with van der Waals surface area (Å²) < 4.78 is 11.1. The number of hydrogen-bond acceptors (Lipinski definition) is 5. The molecule has 0 spiro atoms. The van der Waals surface area contributed by atoms with Gasteiger partial charge in [-0.3, -0.25) is 14.4 Å². The Kier molecular flexibility index (Phi) is 12.1. The number of nitrogens with zero attached hydrogens (tertiary/aromatic N) is 1. The number of methoxy groups -OCH3 is 1. The van der Waals surface area contributed by atoms with Crippen molar-refractivity contribution in [3.8, 4) is 5.75 Å². The Morgan fingerprint density at radius 3 is 2.57 bits per heavy atom. The smallest absolute Gasteiger partial charge is 0.251 e. The molecule has 0 aliphatic carbocycles. The van der Waals surface area contributed by atoms with Gasteiger partial charge in [0.25, 0.3) is 5.91 Å². The van der Waals surface area contributed by atoms with E-state index in [-0.39, 0.29) is 23.8 Å². The van der Waals surface area contributed by atoms with Gasteiger partial charge in [0.1, 0.15) is 5.75 Å². The molecule has 0 aromatic heterocycles. The molecule has 2 rings (SSSR count). The standard InChI is InChI=1S/C29H41N3O5/c1-7-20(2)24(16-23-9-8-10-26(17-23)36-6)18-25(15-21(3)28(34)30-5)29(35)31-12-11-27-19-32(22(4)33)13-14-37-27/h8-10,15,17-18,27H,7,11-14,16,19H2,1-6H3,(H,30,34)(H,31,35)/b21-15+,24-20+,25-18+. The predicted molar refractivity (Wildman–Crippen MR) is 145 cm³/mol. The molecule has 1 atom stereocenters. The topological polar surface area (TPSA) is 97.0 Å². The minimum absolute atomic E-state index is 0.0269. The third-order valence-corrected chi connectivity index (χ3v) is 6.49. The number of likely N-dealkylation sites (N-methyl/N-ethyl adjacent to an activating group) is 1. The van der Waals surface area contributed by atoms with E-state index in [0.29, 0.717) is 50.2 Å². The number of rotatable bonds is 11. The summed E-state index contributed by atoms with van der Waals surface area (Å²) in [5.41, 5.74) is 4.07. The van der Waals surface area contributed by atoms with Crippen LogP contribution in [0.3, 0.4) is 0 Å². The first kappa shape index (κ1) is 29.8. The molecule has 3 amide bonds. The van der Waals surface area contributed by atoms with Crippen molar-refractivity contribution in [3.63, 3.8) is 0 Å². The SMILES string of the molecule is CC/C(C)=C(/C=C(\C=C(/C)C(=O)NC)C(=O)NCCC1CN(C(C)=O)CCO1)Cc1cccc(OC)c1. The van der Waals surface area contributed by atoms with Gasteiger partial charge >= 0.3 is 0 Å². The Hall–Kier alpha value is -3.39. The van der Waals surface area contributed by atoms with Crippen LogP contribution in [-0.2, 0) is 25.5 Å². The molecule has 37 heavy (non-hydrogen) atoms. The largest absolute Gasteiger partial charge is 0.497 e. The van der Waals surface area contributed by atoms with E-state index in [9.17, 15) is 14.4 Å². The van der Waals surface area contributed by atoms with Crippen LogP contribution < -0.4 is 15.4 Å². The number of allylic oxidation sites excluding steroid dienone is 3. The summed E-state index contributed by atoms with van der Waals surface area (Å²) >= 11 is 0. The Morgan fingerprint density at radius 2 is 1.92 bits per heavy atom. The van der Waals surface area contributed by atoms with Gasteiger partial charge in [-0.25, -0.2) is 0 Å². The van der Waals surface area contributed by atoms with Crippen molar-refractivity contribution in [2.45, 2.75) is 53.1 Å². The predicted octanol–water partition coefficient (Wildman–Crippen LogP) is 3.34. The first-order valence-corrected chi connectivity index (χ1v) is 12.8. The Bertz CT molecular complexity index is 1060. The van der Waals surface area contributed by atoms with Crippen LogP contribution in [0.15, 0.2) is 58.7 Å². The summed E-state index contributed by atoms with van der Waals surface area (Å²) in [6, 6.07) is 7.85. The van der Waals surface area contributed by atoms with E-state index in [1.807, 2.05) is 30.3 Å². The van der Waals surface area contributed by atoms with Crippen molar-refractivity contribution in [1.82, 2.24) is 15.5 Å². The molecule has 2 N–H and O–H groups in total. The number of benzene rings is 1. The molecule has 8 heteroatoms. The maximum absolute atomic E-state index is 13.3. The zero-order valence-corrected chi connectivity index (χ0v) is 23.0. The number of hydrogen-bond donors (Lipinski definition) is 2. The molecule has 1 aliphatic rings. The van der Waals surface area contributed by atoms with Gasteiger partial charge in [0.05, 0.1) is 19.8 Å². The number of morpholine rings is 1. The normalized spacial score (nSPS) is 17.1. The lowest BCUT2D eigenvalue weighted by Crippen LogP contribution is -2.45. The van der Waals surface area contributed by atoms with E-state index >= 15 is 0 Å². The van der Waals surface area contributed by atoms with Gasteiger partial charge in [-0.15, -0.1) is 0 Å². The summed E-state index contributed by atoms with van der Waals surface area (Å²) in [6.07, 6.45) is 5.40. The third-order valence-electron chi connectivity index (χ3n) is 6.49. The Labute approximate surface area is 220 Å². The summed E-state index contributed by atoms with van der Waals surface area (Å²) in [5.74, 6) is 0.286. The second-order valence-electron chi connectivity index (χ2n) is 9.20. The first-order valence-electron chi connectivity index (χ1n) is 12.8. The molecule has 1 saturated heterocycles. The van der Waals surface area contributed by atoms with Gasteiger partial charge < -0.3 is 25.0 Å². The average Bonchev–Trinajstić information content (AvgIpc) is 2.91. The van der Waals surface area contributed by atoms with E-state index in [1.54, 1.807) is 39.0 Å². The fraction of sp³-hybridized carbons (Fsp3) is 0.483. The van der Waals surface area contributed by atoms with Crippen LogP contribution in [0.5, 0.6) is 5.75 Å². The van der Waals surface area contributed by atoms with Crippen LogP contribution in [0, 0.1) is 0 Å². The second kappa shape index (κ2) is 15.0. The van der Waals surface area contributed by atoms with E-state index in [0.717, 1.165) is 28.9 Å². The summed E-state index contributed by atoms with van der Waals surface area (Å²) in [7, 11) is 3.20. The number of carbonyl (C=O) groups is 3. The highest BCUT2D eigenvalue weighted by molar-refractivity contribution is 6.00. The third kappa shape index (κ3) is 9.53. The Morgan fingerprint density at radius 1 is 1.16 bits per heavy atom. The minimum atomic E-state index is -0.269. The second-order valence-corrected chi connectivity index (χ2v) is 9.20. The van der Waals surface area contributed by atoms with Crippen LogP contribution in [-0.4, -0.2) is 69.1 Å². The first-order chi connectivity index (χ1) is 17.7. The van der Waals surface area contributed by atoms with Crippen LogP contribution in [0.25, 0.3) is 0 Å². The summed E-state index contributed by atoms with van der Waals surface area (Å²) in [4.78, 5) is 39.0. The van der Waals surface area contributed by atoms with Crippen molar-refractivity contribution in [1.29, 1.82) is 0 Å². The van der Waals surface area contributed by atoms with Gasteiger partial charge in [0.15, 0.2) is 0 Å². The average molecular weight is 512 g/mol. The Balaban J connectivity index is 2.26. The van der Waals surface area contributed by atoms with Gasteiger partial charge in [-0.1, -0.05) is 24.6 Å². The molecule has 0 saturated carbocycles. The zero-order valence-electron chi connectivity index (χ0n) is 23.0. The quantitative estimate of drug-likeness (QED) is 0.351. The van der Waals surface area contributed by atoms with Crippen LogP contribution >= 0.6 is 0 Å². The van der Waals surface area contributed by atoms with Gasteiger partial charge in [-0.2, -0.15) is 0 Å². The molecule has 0 bridgehead atoms. The fourth-order valence-corrected chi connectivity index (χ4v) is 4.04. The highest BCUT2D eigenvalue weighted by atomic mass is 16.5. The molecule has 1 aromatic carbocycles. The fourth-order valence-electron chi connectivity index (χ4n) is 4.04. The summed E-state index contributed by atoms with van der Waals surface area (Å²) in [6.45, 7) is 9.36. The van der Waals surface area contributed by atoms with Crippen LogP contribution in [0.2, 0.25) is 0 Å². The van der Waals surface area contributed by atoms with Gasteiger partial charge in [0.2, 0.25) is 11.8 Å². The monoisotopic (exact) mass is 511 g/mol. The number of carbonyl (C=O) groups excluding carboxylic acids is 3. The lowest BCUT2D eigenvalue weighted by molar-refractivity contribution is -0.136. The number of amides is 3. The molecule has 8 nitrogen and oxygen atoms in total. The maximum Gasteiger partial charge on any atom is 0.251 e. The molecule has 1 aromatic rings. The molecule has 202 valence electrons. The van der Waals surface area contributed by atoms with E-state index < -0.39 is 0 Å². The van der Waals surface area contributed by atoms with Crippen molar-refractivity contribution in [3.05, 3.63) is 64.3 Å². The molecule has 1 aliphatic heterocycles. The summed E-state index contributed by atoms with van der Waals surface area (Å²) in [5, 5.41) is 5.58.